The van der Waals surface area contributed by atoms with Crippen molar-refractivity contribution in [2.45, 2.75) is 50.2 Å². The lowest BCUT2D eigenvalue weighted by molar-refractivity contribution is -0.137. The van der Waals surface area contributed by atoms with Gasteiger partial charge in [-0.15, -0.1) is 23.1 Å². The Morgan fingerprint density at radius 1 is 1.07 bits per heavy atom. The minimum Gasteiger partial charge on any atom is -0.369 e. The number of rotatable bonds is 7. The summed E-state index contributed by atoms with van der Waals surface area (Å²) in [5.41, 5.74) is 1.83. The van der Waals surface area contributed by atoms with E-state index in [9.17, 15) is 18.0 Å². The number of hydrogen-bond acceptors (Lipinski definition) is 8. The minimum atomic E-state index is -4.63. The highest BCUT2D eigenvalue weighted by Gasteiger charge is 2.39. The van der Waals surface area contributed by atoms with E-state index in [1.54, 1.807) is 6.07 Å². The summed E-state index contributed by atoms with van der Waals surface area (Å²) in [4.78, 5) is 29.9. The van der Waals surface area contributed by atoms with Gasteiger partial charge in [0.05, 0.1) is 10.6 Å². The second kappa shape index (κ2) is 11.4. The molecule has 0 atom stereocenters. The van der Waals surface area contributed by atoms with Gasteiger partial charge in [0.25, 0.3) is 5.91 Å². The maximum absolute atomic E-state index is 14.1. The lowest BCUT2D eigenvalue weighted by Gasteiger charge is -2.35. The fourth-order valence-electron chi connectivity index (χ4n) is 5.44. The molecule has 1 saturated heterocycles. The van der Waals surface area contributed by atoms with Gasteiger partial charge in [-0.1, -0.05) is 13.8 Å². The van der Waals surface area contributed by atoms with Crippen molar-refractivity contribution in [2.24, 2.45) is 0 Å². The number of anilines is 3. The zero-order valence-corrected chi connectivity index (χ0v) is 24.8. The molecular formula is C29H33F3N6OS2. The van der Waals surface area contributed by atoms with E-state index in [1.807, 2.05) is 17.0 Å². The van der Waals surface area contributed by atoms with Crippen molar-refractivity contribution in [3.8, 4) is 10.6 Å². The van der Waals surface area contributed by atoms with Crippen LogP contribution < -0.4 is 10.2 Å². The highest BCUT2D eigenvalue weighted by Crippen LogP contribution is 2.44. The van der Waals surface area contributed by atoms with Gasteiger partial charge in [0.1, 0.15) is 10.4 Å². The van der Waals surface area contributed by atoms with Crippen molar-refractivity contribution in [1.82, 2.24) is 19.8 Å². The topological polar surface area (TPSA) is 64.6 Å². The summed E-state index contributed by atoms with van der Waals surface area (Å²) < 4.78 is 42.3. The molecular weight excluding hydrogens is 569 g/mol. The molecule has 41 heavy (non-hydrogen) atoms. The number of thiophene rings is 1. The molecule has 1 N–H and O–H groups in total. The number of thioether (sulfide) groups is 1. The molecule has 218 valence electrons. The fraction of sp³-hybridized carbons (Fsp3) is 0.483. The first kappa shape index (κ1) is 28.3. The average molecular weight is 603 g/mol. The van der Waals surface area contributed by atoms with Crippen molar-refractivity contribution in [2.75, 3.05) is 55.2 Å². The van der Waals surface area contributed by atoms with Crippen LogP contribution in [0.1, 0.15) is 47.5 Å². The molecule has 1 aliphatic carbocycles. The number of alkyl halides is 3. The third-order valence-corrected chi connectivity index (χ3v) is 10.2. The van der Waals surface area contributed by atoms with Gasteiger partial charge >= 0.3 is 6.18 Å². The highest BCUT2D eigenvalue weighted by molar-refractivity contribution is 7.99. The number of nitrogens with one attached hydrogen (secondary N) is 1. The Hall–Kier alpha value is -2.83. The Kier molecular flexibility index (Phi) is 7.90. The fourth-order valence-corrected chi connectivity index (χ4v) is 7.76. The SMILES string of the molecule is CCc1cc(N2CCN(CC)CC2)ccc1Nc1ncc(C(F)(F)F)c(-c2cc3c(s2)C(=O)N(C2CC2)CCS3)n1. The van der Waals surface area contributed by atoms with E-state index in [0.29, 0.717) is 16.3 Å². The van der Waals surface area contributed by atoms with Gasteiger partial charge in [-0.25, -0.2) is 9.97 Å². The molecule has 0 unspecified atom stereocenters. The molecule has 0 radical (unpaired) electrons. The van der Waals surface area contributed by atoms with Crippen molar-refractivity contribution < 1.29 is 18.0 Å². The predicted octanol–water partition coefficient (Wildman–Crippen LogP) is 6.38. The first-order chi connectivity index (χ1) is 19.7. The van der Waals surface area contributed by atoms with Crippen LogP contribution in [0.2, 0.25) is 0 Å². The molecule has 2 fully saturated rings. The molecule has 2 aliphatic heterocycles. The Morgan fingerprint density at radius 3 is 2.54 bits per heavy atom. The number of benzene rings is 1. The molecule has 1 saturated carbocycles. The van der Waals surface area contributed by atoms with Crippen LogP contribution in [-0.2, 0) is 12.6 Å². The summed E-state index contributed by atoms with van der Waals surface area (Å²) in [6.07, 6.45) is -1.08. The maximum atomic E-state index is 14.1. The summed E-state index contributed by atoms with van der Waals surface area (Å²) in [6, 6.07) is 8.07. The third-order valence-electron chi connectivity index (χ3n) is 7.96. The Morgan fingerprint density at radius 2 is 1.85 bits per heavy atom. The van der Waals surface area contributed by atoms with Crippen LogP contribution in [0.3, 0.4) is 0 Å². The summed E-state index contributed by atoms with van der Waals surface area (Å²) in [7, 11) is 0. The van der Waals surface area contributed by atoms with Crippen molar-refractivity contribution in [3.05, 3.63) is 46.5 Å². The summed E-state index contributed by atoms with van der Waals surface area (Å²) in [6.45, 7) is 9.90. The molecule has 0 bridgehead atoms. The molecule has 3 aromatic rings. The van der Waals surface area contributed by atoms with Gasteiger partial charge in [0, 0.05) is 67.0 Å². The number of amides is 1. The van der Waals surface area contributed by atoms with E-state index in [0.717, 1.165) is 97.1 Å². The van der Waals surface area contributed by atoms with E-state index in [4.69, 9.17) is 0 Å². The Bertz CT molecular complexity index is 1430. The lowest BCUT2D eigenvalue weighted by Crippen LogP contribution is -2.46. The zero-order chi connectivity index (χ0) is 28.7. The monoisotopic (exact) mass is 602 g/mol. The number of piperazine rings is 1. The number of nitrogens with zero attached hydrogens (tertiary/aromatic N) is 5. The van der Waals surface area contributed by atoms with E-state index in [2.05, 4.69) is 45.0 Å². The van der Waals surface area contributed by atoms with Gasteiger partial charge < -0.3 is 20.0 Å². The minimum absolute atomic E-state index is 0.0894. The highest BCUT2D eigenvalue weighted by atomic mass is 32.2. The van der Waals surface area contributed by atoms with Gasteiger partial charge in [0.15, 0.2) is 0 Å². The van der Waals surface area contributed by atoms with Crippen molar-refractivity contribution in [3.63, 3.8) is 0 Å². The number of halogens is 3. The predicted molar refractivity (Wildman–Crippen MR) is 159 cm³/mol. The number of hydrogen-bond donors (Lipinski definition) is 1. The first-order valence-electron chi connectivity index (χ1n) is 14.1. The number of aryl methyl sites for hydroxylation is 1. The molecule has 2 aromatic heterocycles. The summed E-state index contributed by atoms with van der Waals surface area (Å²) >= 11 is 2.61. The molecule has 12 heteroatoms. The third kappa shape index (κ3) is 5.91. The Balaban J connectivity index is 1.30. The van der Waals surface area contributed by atoms with E-state index >= 15 is 0 Å². The first-order valence-corrected chi connectivity index (χ1v) is 15.9. The van der Waals surface area contributed by atoms with E-state index < -0.39 is 11.7 Å². The van der Waals surface area contributed by atoms with Crippen LogP contribution in [0, 0.1) is 0 Å². The van der Waals surface area contributed by atoms with Gasteiger partial charge in [-0.05, 0) is 55.6 Å². The molecule has 7 nitrogen and oxygen atoms in total. The largest absolute Gasteiger partial charge is 0.420 e. The summed E-state index contributed by atoms with van der Waals surface area (Å²) in [5, 5.41) is 3.18. The van der Waals surface area contributed by atoms with E-state index in [1.165, 1.54) is 11.8 Å². The van der Waals surface area contributed by atoms with Crippen molar-refractivity contribution >= 4 is 46.3 Å². The number of aromatic nitrogens is 2. The summed E-state index contributed by atoms with van der Waals surface area (Å²) in [5.74, 6) is 0.723. The number of fused-ring (bicyclic) bond motifs is 1. The van der Waals surface area contributed by atoms with Gasteiger partial charge in [-0.2, -0.15) is 13.2 Å². The maximum Gasteiger partial charge on any atom is 0.420 e. The average Bonchev–Trinajstić information content (AvgIpc) is 3.75. The number of carbonyl (C=O) groups excluding carboxylic acids is 1. The quantitative estimate of drug-likeness (QED) is 0.337. The van der Waals surface area contributed by atoms with Crippen LogP contribution in [-0.4, -0.2) is 76.7 Å². The molecule has 0 spiro atoms. The molecule has 4 heterocycles. The van der Waals surface area contributed by atoms with Crippen LogP contribution in [0.5, 0.6) is 0 Å². The number of carbonyl (C=O) groups is 1. The van der Waals surface area contributed by atoms with Crippen LogP contribution in [0.4, 0.5) is 30.5 Å². The van der Waals surface area contributed by atoms with Crippen molar-refractivity contribution in [1.29, 1.82) is 0 Å². The van der Waals surface area contributed by atoms with E-state index in [-0.39, 0.29) is 23.6 Å². The van der Waals surface area contributed by atoms with Gasteiger partial charge in [-0.3, -0.25) is 4.79 Å². The Labute approximate surface area is 246 Å². The lowest BCUT2D eigenvalue weighted by atomic mass is 10.1. The zero-order valence-electron chi connectivity index (χ0n) is 23.1. The van der Waals surface area contributed by atoms with Crippen LogP contribution in [0.25, 0.3) is 10.6 Å². The normalized spacial score (nSPS) is 18.4. The number of likely N-dealkylation sites (N-methyl/N-ethyl adjacent to an activating group) is 1. The van der Waals surface area contributed by atoms with Gasteiger partial charge in [0.2, 0.25) is 5.95 Å². The smallest absolute Gasteiger partial charge is 0.369 e. The van der Waals surface area contributed by atoms with Crippen LogP contribution in [0.15, 0.2) is 35.4 Å². The molecule has 1 amide bonds. The standard InChI is InChI=1S/C29H33F3N6OS2/c1-3-18-15-20(37-11-9-36(4-2)10-12-37)7-8-22(18)34-28-33-17-21(29(30,31)32)25(35-28)23-16-24-26(41-23)27(39)38(13-14-40-24)19-5-6-19/h7-8,15-17,19H,3-6,9-14H2,1-2H3,(H,33,34,35). The second-order valence-corrected chi connectivity index (χ2v) is 12.8. The molecule has 1 aromatic carbocycles. The van der Waals surface area contributed by atoms with Crippen LogP contribution >= 0.6 is 23.1 Å². The second-order valence-electron chi connectivity index (χ2n) is 10.6. The molecule has 6 rings (SSSR count). The molecule has 3 aliphatic rings.